The van der Waals surface area contributed by atoms with Crippen LogP contribution in [0.4, 0.5) is 0 Å². The third-order valence-electron chi connectivity index (χ3n) is 5.58. The van der Waals surface area contributed by atoms with Crippen LogP contribution >= 0.6 is 0 Å². The van der Waals surface area contributed by atoms with Crippen LogP contribution in [0.2, 0.25) is 0 Å². The normalized spacial score (nSPS) is 10.7. The van der Waals surface area contributed by atoms with Crippen molar-refractivity contribution in [1.29, 1.82) is 0 Å². The largest absolute Gasteiger partial charge is 1.00 e. The van der Waals surface area contributed by atoms with E-state index in [1.54, 1.807) is 24.3 Å². The van der Waals surface area contributed by atoms with Gasteiger partial charge in [-0.3, -0.25) is 9.59 Å². The average Bonchev–Trinajstić information content (AvgIpc) is 2.80. The molecule has 11 heteroatoms. The molecular formula is C25H18Na2O9. The Kier molecular flexibility index (Phi) is 10.7. The molecule has 4 aromatic rings. The second-order valence-electron chi connectivity index (χ2n) is 7.84. The first-order valence-corrected chi connectivity index (χ1v) is 10.5. The molecule has 0 saturated heterocycles. The summed E-state index contributed by atoms with van der Waals surface area (Å²) in [6.45, 7) is 0. The van der Waals surface area contributed by atoms with Crippen LogP contribution in [0, 0.1) is 0 Å². The maximum atomic E-state index is 12.4. The number of hydrogen-bond acceptors (Lipinski definition) is 9. The first kappa shape index (κ1) is 30.0. The van der Waals surface area contributed by atoms with Crippen LogP contribution in [0.15, 0.2) is 67.0 Å². The molecule has 0 atom stereocenters. The predicted molar refractivity (Wildman–Crippen MR) is 116 cm³/mol. The number of carbonyl (C=O) groups is 2. The van der Waals surface area contributed by atoms with E-state index in [1.807, 2.05) is 0 Å². The number of aliphatic hydroxyl groups excluding tert-OH is 1. The summed E-state index contributed by atoms with van der Waals surface area (Å²) < 4.78 is 10.5. The quantitative estimate of drug-likeness (QED) is 0.229. The van der Waals surface area contributed by atoms with E-state index >= 15 is 0 Å². The van der Waals surface area contributed by atoms with Gasteiger partial charge >= 0.3 is 59.1 Å². The number of rotatable bonds is 8. The monoisotopic (exact) mass is 508 g/mol. The second-order valence-corrected chi connectivity index (χ2v) is 7.84. The number of aryl methyl sites for hydroxylation is 2. The fourth-order valence-corrected chi connectivity index (χ4v) is 3.97. The fraction of sp³-hybridized carbons (Fsp3) is 0.200. The van der Waals surface area contributed by atoms with Crippen molar-refractivity contribution in [2.75, 3.05) is 0 Å². The molecule has 1 N–H and O–H groups in total. The molecule has 0 saturated carbocycles. The Hall–Kier alpha value is -2.24. The zero-order valence-corrected chi connectivity index (χ0v) is 23.7. The van der Waals surface area contributed by atoms with Gasteiger partial charge in [-0.1, -0.05) is 24.3 Å². The number of hydrogen-bond donors (Lipinski definition) is 1. The van der Waals surface area contributed by atoms with E-state index in [-0.39, 0.29) is 81.1 Å². The summed E-state index contributed by atoms with van der Waals surface area (Å²) in [5.74, 6) is -4.28. The third-order valence-corrected chi connectivity index (χ3v) is 5.58. The summed E-state index contributed by atoms with van der Waals surface area (Å²) in [6.07, 6.45) is 0.500. The third kappa shape index (κ3) is 6.54. The zero-order valence-electron chi connectivity index (χ0n) is 19.7. The summed E-state index contributed by atoms with van der Waals surface area (Å²) in [7, 11) is 0. The van der Waals surface area contributed by atoms with Gasteiger partial charge in [0.1, 0.15) is 23.1 Å². The smallest absolute Gasteiger partial charge is 0.542 e. The van der Waals surface area contributed by atoms with Crippen molar-refractivity contribution in [2.45, 2.75) is 31.8 Å². The number of carboxylic acid groups (broad SMARTS) is 2. The summed E-state index contributed by atoms with van der Waals surface area (Å²) in [6, 6.07) is 11.4. The van der Waals surface area contributed by atoms with Crippen molar-refractivity contribution < 1.29 is 92.9 Å². The molecule has 4 rings (SSSR count). The van der Waals surface area contributed by atoms with Gasteiger partial charge < -0.3 is 33.7 Å². The standard InChI is InChI=1S/C25H20O9.2Na/c26-15(9-7-13-3-1-5-18-22(13)16(27)11-20(33-18)24(29)30)10-8-14-4-2-6-19-23(14)17(28)12-21(34-19)25(31)32;;/h1-6,11-12,15,26H,7-10H2,(H,29,30)(H,31,32);;/q;2*+1/p-2. The fourth-order valence-electron chi connectivity index (χ4n) is 3.97. The summed E-state index contributed by atoms with van der Waals surface area (Å²) >= 11 is 0. The number of carbonyl (C=O) groups excluding carboxylic acids is 2. The molecule has 2 aromatic heterocycles. The molecule has 2 heterocycles. The van der Waals surface area contributed by atoms with Gasteiger partial charge in [0.2, 0.25) is 0 Å². The Morgan fingerprint density at radius 3 is 1.50 bits per heavy atom. The number of aromatic carboxylic acids is 2. The van der Waals surface area contributed by atoms with Gasteiger partial charge in [0.25, 0.3) is 0 Å². The molecule has 0 radical (unpaired) electrons. The molecule has 0 bridgehead atoms. The van der Waals surface area contributed by atoms with E-state index in [2.05, 4.69) is 0 Å². The van der Waals surface area contributed by atoms with E-state index in [0.717, 1.165) is 12.1 Å². The maximum Gasteiger partial charge on any atom is 1.00 e. The van der Waals surface area contributed by atoms with Gasteiger partial charge in [0.05, 0.1) is 16.9 Å². The first-order chi connectivity index (χ1) is 16.2. The average molecular weight is 508 g/mol. The van der Waals surface area contributed by atoms with Gasteiger partial charge in [-0.15, -0.1) is 0 Å². The minimum atomic E-state index is -1.59. The Morgan fingerprint density at radius 2 is 1.14 bits per heavy atom. The van der Waals surface area contributed by atoms with Crippen LogP contribution in [0.25, 0.3) is 21.9 Å². The molecule has 0 unspecified atom stereocenters. The van der Waals surface area contributed by atoms with Gasteiger partial charge in [-0.05, 0) is 48.9 Å². The molecule has 2 aromatic carbocycles. The molecule has 9 nitrogen and oxygen atoms in total. The van der Waals surface area contributed by atoms with E-state index in [0.29, 0.717) is 36.8 Å². The van der Waals surface area contributed by atoms with Crippen LogP contribution in [-0.4, -0.2) is 23.1 Å². The SMILES string of the molecule is O=C([O-])c1cc(=O)c2c(CCC(O)CCc3cccc4oc(C(=O)[O-])cc(=O)c34)cccc2o1.[Na+].[Na+]. The molecule has 0 aliphatic carbocycles. The van der Waals surface area contributed by atoms with Crippen molar-refractivity contribution in [3.63, 3.8) is 0 Å². The van der Waals surface area contributed by atoms with Gasteiger partial charge in [-0.2, -0.15) is 0 Å². The summed E-state index contributed by atoms with van der Waals surface area (Å²) in [5.41, 5.74) is 0.439. The van der Waals surface area contributed by atoms with Crippen LogP contribution in [0.3, 0.4) is 0 Å². The number of fused-ring (bicyclic) bond motifs is 2. The van der Waals surface area contributed by atoms with Crippen LogP contribution in [0.1, 0.15) is 45.1 Å². The van der Waals surface area contributed by atoms with Crippen LogP contribution < -0.4 is 80.2 Å². The topological polar surface area (TPSA) is 161 Å². The Balaban J connectivity index is 0.00000228. The number of carboxylic acids is 2. The van der Waals surface area contributed by atoms with E-state index < -0.39 is 40.4 Å². The Morgan fingerprint density at radius 1 is 0.750 bits per heavy atom. The zero-order chi connectivity index (χ0) is 24.4. The van der Waals surface area contributed by atoms with Crippen LogP contribution in [0.5, 0.6) is 0 Å². The molecule has 0 fully saturated rings. The minimum Gasteiger partial charge on any atom is -0.542 e. The minimum absolute atomic E-state index is 0. The van der Waals surface area contributed by atoms with Crippen molar-refractivity contribution in [3.8, 4) is 0 Å². The first-order valence-electron chi connectivity index (χ1n) is 10.5. The number of benzene rings is 2. The van der Waals surface area contributed by atoms with Crippen molar-refractivity contribution in [2.24, 2.45) is 0 Å². The van der Waals surface area contributed by atoms with Crippen molar-refractivity contribution >= 4 is 33.9 Å². The Labute approximate surface area is 248 Å². The number of aliphatic hydroxyl groups is 1. The predicted octanol–water partition coefficient (Wildman–Crippen LogP) is -5.44. The van der Waals surface area contributed by atoms with E-state index in [4.69, 9.17) is 8.83 Å². The van der Waals surface area contributed by atoms with Gasteiger partial charge in [0, 0.05) is 12.1 Å². The van der Waals surface area contributed by atoms with Crippen molar-refractivity contribution in [3.05, 3.63) is 91.6 Å². The Bertz CT molecular complexity index is 1420. The molecular weight excluding hydrogens is 490 g/mol. The van der Waals surface area contributed by atoms with E-state index in [1.165, 1.54) is 12.1 Å². The molecule has 174 valence electrons. The van der Waals surface area contributed by atoms with Gasteiger partial charge in [0.15, 0.2) is 22.4 Å². The van der Waals surface area contributed by atoms with Crippen LogP contribution in [-0.2, 0) is 12.8 Å². The van der Waals surface area contributed by atoms with Crippen molar-refractivity contribution in [1.82, 2.24) is 0 Å². The molecule has 0 aliphatic heterocycles. The summed E-state index contributed by atoms with van der Waals surface area (Å²) in [5, 5.41) is 33.0. The summed E-state index contributed by atoms with van der Waals surface area (Å²) in [4.78, 5) is 46.8. The molecule has 0 amide bonds. The maximum absolute atomic E-state index is 12.4. The van der Waals surface area contributed by atoms with Gasteiger partial charge in [-0.25, -0.2) is 0 Å². The molecule has 0 aliphatic rings. The molecule has 36 heavy (non-hydrogen) atoms. The second kappa shape index (κ2) is 12.8. The molecule has 0 spiro atoms. The van der Waals surface area contributed by atoms with E-state index in [9.17, 15) is 34.5 Å².